The molecule has 4 aromatic rings. The molecule has 0 radical (unpaired) electrons. The van der Waals surface area contributed by atoms with Crippen LogP contribution in [0.2, 0.25) is 0 Å². The first-order chi connectivity index (χ1) is 36.2. The van der Waals surface area contributed by atoms with Crippen molar-refractivity contribution in [2.75, 3.05) is 105 Å². The van der Waals surface area contributed by atoms with E-state index in [0.717, 1.165) is 102 Å². The minimum atomic E-state index is -0.0992. The Labute approximate surface area is 461 Å². The molecule has 8 bridgehead atoms. The fraction of sp³-hybridized carbons (Fsp3) is 0.647. The summed E-state index contributed by atoms with van der Waals surface area (Å²) in [5, 5.41) is 0. The van der Waals surface area contributed by atoms with Gasteiger partial charge in [-0.2, -0.15) is 0 Å². The molecule has 1 aliphatic carbocycles. The zero-order valence-corrected chi connectivity index (χ0v) is 49.8. The second-order valence-corrected chi connectivity index (χ2v) is 27.8. The lowest BCUT2D eigenvalue weighted by Gasteiger charge is -2.30. The quantitative estimate of drug-likeness (QED) is 0.0969. The molecule has 416 valence electrons. The fourth-order valence-corrected chi connectivity index (χ4v) is 12.5. The molecule has 76 heavy (non-hydrogen) atoms. The van der Waals surface area contributed by atoms with E-state index in [9.17, 15) is 0 Å². The van der Waals surface area contributed by atoms with Crippen molar-refractivity contribution in [3.8, 4) is 23.0 Å². The summed E-state index contributed by atoms with van der Waals surface area (Å²) < 4.78 is 29.5. The van der Waals surface area contributed by atoms with Gasteiger partial charge in [0.2, 0.25) is 0 Å². The van der Waals surface area contributed by atoms with Gasteiger partial charge in [0.1, 0.15) is 49.4 Å². The Morgan fingerprint density at radius 3 is 0.579 bits per heavy atom. The number of benzene rings is 4. The van der Waals surface area contributed by atoms with Crippen LogP contribution in [0.25, 0.3) is 0 Å². The fourth-order valence-electron chi connectivity index (χ4n) is 12.5. The summed E-state index contributed by atoms with van der Waals surface area (Å²) in [6.07, 6.45) is 12.9. The zero-order valence-electron chi connectivity index (χ0n) is 49.8. The van der Waals surface area contributed by atoms with E-state index in [0.29, 0.717) is 52.1 Å². The molecule has 0 unspecified atom stereocenters. The summed E-state index contributed by atoms with van der Waals surface area (Å²) in [5.74, 6) is 4.13. The van der Waals surface area contributed by atoms with Gasteiger partial charge in [-0.1, -0.05) is 132 Å². The van der Waals surface area contributed by atoms with E-state index in [1.807, 2.05) is 0 Å². The summed E-state index contributed by atoms with van der Waals surface area (Å²) in [7, 11) is 0. The van der Waals surface area contributed by atoms with Gasteiger partial charge in [-0.3, -0.25) is 19.6 Å². The van der Waals surface area contributed by atoms with Crippen LogP contribution >= 0.6 is 0 Å². The van der Waals surface area contributed by atoms with Crippen LogP contribution in [0.5, 0.6) is 23.0 Å². The van der Waals surface area contributed by atoms with Gasteiger partial charge >= 0.3 is 0 Å². The number of fused-ring (bicyclic) bond motifs is 8. The van der Waals surface area contributed by atoms with Crippen molar-refractivity contribution in [1.29, 1.82) is 0 Å². The highest BCUT2D eigenvalue weighted by atomic mass is 16.5. The van der Waals surface area contributed by atoms with Crippen LogP contribution in [0, 0.1) is 0 Å². The van der Waals surface area contributed by atoms with Crippen LogP contribution in [-0.4, -0.2) is 125 Å². The van der Waals surface area contributed by atoms with Crippen molar-refractivity contribution in [3.63, 3.8) is 0 Å². The van der Waals surface area contributed by atoms with Crippen LogP contribution in [0.4, 0.5) is 0 Å². The van der Waals surface area contributed by atoms with Gasteiger partial charge in [-0.15, -0.1) is 0 Å². The van der Waals surface area contributed by atoms with E-state index in [2.05, 4.69) is 151 Å². The minimum absolute atomic E-state index is 0.0992. The van der Waals surface area contributed by atoms with Crippen molar-refractivity contribution < 1.29 is 18.9 Å². The molecule has 9 rings (SSSR count). The number of rotatable bonds is 16. The molecule has 5 aliphatic rings. The molecule has 4 aliphatic heterocycles. The largest absolute Gasteiger partial charge is 0.492 e. The molecule has 8 nitrogen and oxygen atoms in total. The molecule has 0 saturated carbocycles. The lowest BCUT2D eigenvalue weighted by molar-refractivity contribution is 0.232. The molecule has 0 N–H and O–H groups in total. The van der Waals surface area contributed by atoms with Gasteiger partial charge in [-0.25, -0.2) is 0 Å². The van der Waals surface area contributed by atoms with Gasteiger partial charge in [0.25, 0.3) is 0 Å². The summed E-state index contributed by atoms with van der Waals surface area (Å²) >= 11 is 0. The van der Waals surface area contributed by atoms with E-state index in [4.69, 9.17) is 18.9 Å². The van der Waals surface area contributed by atoms with E-state index >= 15 is 0 Å². The number of nitrogens with zero attached hydrogens (tertiary/aromatic N) is 4. The smallest absolute Gasteiger partial charge is 0.126 e. The number of likely N-dealkylation sites (tertiary alicyclic amines) is 4. The van der Waals surface area contributed by atoms with Crippen LogP contribution in [0.1, 0.15) is 201 Å². The highest BCUT2D eigenvalue weighted by Crippen LogP contribution is 2.45. The third-order valence-electron chi connectivity index (χ3n) is 17.4. The number of hydrogen-bond acceptors (Lipinski definition) is 8. The van der Waals surface area contributed by atoms with Gasteiger partial charge in [0.15, 0.2) is 0 Å². The third kappa shape index (κ3) is 14.4. The Balaban J connectivity index is 1.31. The first-order valence-electron chi connectivity index (χ1n) is 30.2. The first-order valence-corrected chi connectivity index (χ1v) is 30.2. The topological polar surface area (TPSA) is 49.9 Å². The first kappa shape index (κ1) is 56.6. The van der Waals surface area contributed by atoms with Crippen molar-refractivity contribution >= 4 is 0 Å². The number of hydrogen-bond donors (Lipinski definition) is 0. The highest BCUT2D eigenvalue weighted by molar-refractivity contribution is 5.60. The van der Waals surface area contributed by atoms with Crippen molar-refractivity contribution in [3.05, 3.63) is 115 Å². The lowest BCUT2D eigenvalue weighted by atomic mass is 9.79. The Bertz CT molecular complexity index is 2130. The predicted molar refractivity (Wildman–Crippen MR) is 316 cm³/mol. The van der Waals surface area contributed by atoms with Crippen LogP contribution < -0.4 is 18.9 Å². The number of ether oxygens (including phenoxy) is 4. The van der Waals surface area contributed by atoms with Crippen molar-refractivity contribution in [2.24, 2.45) is 0 Å². The standard InChI is InChI=1S/C68H100N4O4/c1-65(2,3)57-41-49-37-51-43-58(66(4,5)6)45-53(62(51)74-34-30-70-23-15-16-24-70)39-55-47-60(68(10,11)12)48-56(64(55)76-36-32-72-27-19-20-28-72)40-54-46-59(67(7,8)9)44-52(63(54)75-35-31-71-25-17-18-26-71)38-50(42-57)61(49)73-33-29-69-21-13-14-22-69/h41-48H,13-40H2,1-12H3. The summed E-state index contributed by atoms with van der Waals surface area (Å²) in [6, 6.07) is 19.9. The molecule has 8 heteroatoms. The summed E-state index contributed by atoms with van der Waals surface area (Å²) in [5.41, 5.74) is 14.8. The molecule has 4 fully saturated rings. The van der Waals surface area contributed by atoms with Gasteiger partial charge in [0.05, 0.1) is 0 Å². The molecule has 0 atom stereocenters. The highest BCUT2D eigenvalue weighted by Gasteiger charge is 2.30. The SMILES string of the molecule is CC(C)(C)c1cc2c(OCCN3CCCC3)c(c1)Cc1cc(C(C)(C)C)cc(c1OCCN1CCCC1)Cc1cc(C(C)(C)C)cc(c1OCCN1CCCC1)Cc1cc(C(C)(C)C)cc(c1OCCN1CCCC1)C2. The van der Waals surface area contributed by atoms with Crippen molar-refractivity contribution in [2.45, 2.75) is 182 Å². The molecule has 4 heterocycles. The predicted octanol–water partition coefficient (Wildman–Crippen LogP) is 13.5. The molecular formula is C68H100N4O4. The van der Waals surface area contributed by atoms with Crippen LogP contribution in [0.3, 0.4) is 0 Å². The molecule has 0 amide bonds. The molecule has 4 saturated heterocycles. The minimum Gasteiger partial charge on any atom is -0.492 e. The van der Waals surface area contributed by atoms with Crippen LogP contribution in [0.15, 0.2) is 48.5 Å². The third-order valence-corrected chi connectivity index (χ3v) is 17.4. The van der Waals surface area contributed by atoms with Gasteiger partial charge < -0.3 is 18.9 Å². The zero-order chi connectivity index (χ0) is 53.8. The Hall–Kier alpha value is -4.08. The molecule has 4 aromatic carbocycles. The summed E-state index contributed by atoms with van der Waals surface area (Å²) in [4.78, 5) is 10.3. The Kier molecular flexibility index (Phi) is 18.0. The Morgan fingerprint density at radius 2 is 0.434 bits per heavy atom. The van der Waals surface area contributed by atoms with E-state index in [-0.39, 0.29) is 21.7 Å². The Morgan fingerprint density at radius 1 is 0.276 bits per heavy atom. The molecule has 0 aromatic heterocycles. The second kappa shape index (κ2) is 24.1. The van der Waals surface area contributed by atoms with Crippen molar-refractivity contribution in [1.82, 2.24) is 19.6 Å². The lowest BCUT2D eigenvalue weighted by Crippen LogP contribution is -2.26. The monoisotopic (exact) mass is 1040 g/mol. The average molecular weight is 1040 g/mol. The van der Waals surface area contributed by atoms with Gasteiger partial charge in [0, 0.05) is 51.9 Å². The average Bonchev–Trinajstić information content (AvgIpc) is 4.25. The maximum Gasteiger partial charge on any atom is 0.126 e. The maximum absolute atomic E-state index is 7.37. The molecular weight excluding hydrogens is 937 g/mol. The van der Waals surface area contributed by atoms with E-state index in [1.54, 1.807) is 0 Å². The normalized spacial score (nSPS) is 18.5. The second-order valence-electron chi connectivity index (χ2n) is 27.8. The van der Waals surface area contributed by atoms with E-state index < -0.39 is 0 Å². The summed E-state index contributed by atoms with van der Waals surface area (Å²) in [6.45, 7) is 44.0. The maximum atomic E-state index is 7.37. The van der Waals surface area contributed by atoms with E-state index in [1.165, 1.54) is 118 Å². The molecule has 0 spiro atoms. The van der Waals surface area contributed by atoms with Crippen LogP contribution in [-0.2, 0) is 47.3 Å². The van der Waals surface area contributed by atoms with Gasteiger partial charge in [-0.05, 0) is 192 Å².